The van der Waals surface area contributed by atoms with Crippen LogP contribution in [0.5, 0.6) is 5.75 Å². The molecule has 0 unspecified atom stereocenters. The van der Waals surface area contributed by atoms with Gasteiger partial charge in [0.15, 0.2) is 0 Å². The Bertz CT molecular complexity index is 437. The number of allylic oxidation sites excluding steroid dienone is 2. The average Bonchev–Trinajstić information content (AvgIpc) is 2.46. The van der Waals surface area contributed by atoms with E-state index in [2.05, 4.69) is 36.5 Å². The lowest BCUT2D eigenvalue weighted by Gasteiger charge is -2.20. The lowest BCUT2D eigenvalue weighted by atomic mass is 9.88. The van der Waals surface area contributed by atoms with Crippen LogP contribution in [0.1, 0.15) is 43.7 Å². The summed E-state index contributed by atoms with van der Waals surface area (Å²) in [5, 5.41) is 3.47. The number of ether oxygens (including phenoxy) is 1. The first-order chi connectivity index (χ1) is 9.36. The van der Waals surface area contributed by atoms with Gasteiger partial charge in [-0.15, -0.1) is 0 Å². The van der Waals surface area contributed by atoms with Gasteiger partial charge in [0.25, 0.3) is 0 Å². The third-order valence-electron chi connectivity index (χ3n) is 3.68. The maximum absolute atomic E-state index is 5.53. The third kappa shape index (κ3) is 3.60. The Hall–Kier alpha value is -1.28. The second kappa shape index (κ2) is 7.34. The van der Waals surface area contributed by atoms with E-state index in [0.717, 1.165) is 38.1 Å². The second-order valence-corrected chi connectivity index (χ2v) is 5.12. The molecule has 0 bridgehead atoms. The van der Waals surface area contributed by atoms with E-state index in [-0.39, 0.29) is 0 Å². The summed E-state index contributed by atoms with van der Waals surface area (Å²) in [6.07, 6.45) is 8.25. The highest BCUT2D eigenvalue weighted by Crippen LogP contribution is 2.36. The summed E-state index contributed by atoms with van der Waals surface area (Å²) in [5.41, 5.74) is 4.27. The van der Waals surface area contributed by atoms with Crippen molar-refractivity contribution < 1.29 is 4.74 Å². The topological polar surface area (TPSA) is 21.3 Å². The van der Waals surface area contributed by atoms with Crippen molar-refractivity contribution in [2.75, 3.05) is 20.2 Å². The van der Waals surface area contributed by atoms with Crippen molar-refractivity contribution in [3.63, 3.8) is 0 Å². The minimum Gasteiger partial charge on any atom is -0.496 e. The number of nitrogens with one attached hydrogen (secondary N) is 1. The molecule has 104 valence electrons. The van der Waals surface area contributed by atoms with Crippen LogP contribution in [0.15, 0.2) is 24.3 Å². The molecule has 0 saturated carbocycles. The number of fused-ring (bicyclic) bond motifs is 1. The Balaban J connectivity index is 2.01. The Labute approximate surface area is 116 Å². The molecule has 2 heteroatoms. The van der Waals surface area contributed by atoms with Crippen LogP contribution < -0.4 is 10.1 Å². The highest BCUT2D eigenvalue weighted by Gasteiger charge is 2.16. The van der Waals surface area contributed by atoms with Gasteiger partial charge in [-0.05, 0) is 62.4 Å². The standard InChI is InChI=1S/C17H25NO/c1-3-12-18-13-6-10-15-8-4-7-14-9-5-11-16(19-2)17(14)15/h5,8-9,11,18H,3-4,6-7,10,12-13H2,1-2H3. The summed E-state index contributed by atoms with van der Waals surface area (Å²) in [6.45, 7) is 4.44. The van der Waals surface area contributed by atoms with Gasteiger partial charge in [-0.25, -0.2) is 0 Å². The molecule has 0 saturated heterocycles. The Morgan fingerprint density at radius 3 is 2.95 bits per heavy atom. The van der Waals surface area contributed by atoms with Gasteiger partial charge < -0.3 is 10.1 Å². The van der Waals surface area contributed by atoms with Gasteiger partial charge in [0.2, 0.25) is 0 Å². The molecule has 2 rings (SSSR count). The number of benzene rings is 1. The fourth-order valence-corrected chi connectivity index (χ4v) is 2.76. The van der Waals surface area contributed by atoms with E-state index in [1.54, 1.807) is 7.11 Å². The van der Waals surface area contributed by atoms with E-state index in [0.29, 0.717) is 0 Å². The molecule has 0 heterocycles. The van der Waals surface area contributed by atoms with Crippen molar-refractivity contribution in [1.82, 2.24) is 5.32 Å². The summed E-state index contributed by atoms with van der Waals surface area (Å²) in [4.78, 5) is 0. The zero-order valence-electron chi connectivity index (χ0n) is 12.2. The fraction of sp³-hybridized carbons (Fsp3) is 0.529. The summed E-state index contributed by atoms with van der Waals surface area (Å²) in [6, 6.07) is 6.41. The number of methoxy groups -OCH3 is 1. The maximum Gasteiger partial charge on any atom is 0.126 e. The molecule has 1 aromatic carbocycles. The SMILES string of the molecule is CCCNCCCC1=CCCc2cccc(OC)c21. The zero-order chi connectivity index (χ0) is 13.5. The van der Waals surface area contributed by atoms with Crippen molar-refractivity contribution in [1.29, 1.82) is 0 Å². The molecule has 1 aliphatic rings. The minimum absolute atomic E-state index is 1.03. The molecular weight excluding hydrogens is 234 g/mol. The summed E-state index contributed by atoms with van der Waals surface area (Å²) in [7, 11) is 1.77. The highest BCUT2D eigenvalue weighted by atomic mass is 16.5. The van der Waals surface area contributed by atoms with Crippen LogP contribution in [0.4, 0.5) is 0 Å². The number of hydrogen-bond donors (Lipinski definition) is 1. The largest absolute Gasteiger partial charge is 0.496 e. The molecule has 2 nitrogen and oxygen atoms in total. The van der Waals surface area contributed by atoms with E-state index in [4.69, 9.17) is 4.74 Å². The van der Waals surface area contributed by atoms with Crippen LogP contribution in [0.3, 0.4) is 0 Å². The Morgan fingerprint density at radius 1 is 1.26 bits per heavy atom. The predicted octanol–water partition coefficient (Wildman–Crippen LogP) is 3.80. The van der Waals surface area contributed by atoms with Gasteiger partial charge in [-0.3, -0.25) is 0 Å². The van der Waals surface area contributed by atoms with E-state index in [1.165, 1.54) is 29.5 Å². The van der Waals surface area contributed by atoms with E-state index in [1.807, 2.05) is 0 Å². The van der Waals surface area contributed by atoms with Gasteiger partial charge in [0.1, 0.15) is 5.75 Å². The summed E-state index contributed by atoms with van der Waals surface area (Å²) in [5.74, 6) is 1.03. The van der Waals surface area contributed by atoms with Crippen molar-refractivity contribution in [3.05, 3.63) is 35.4 Å². The van der Waals surface area contributed by atoms with E-state index < -0.39 is 0 Å². The normalized spacial score (nSPS) is 13.9. The quantitative estimate of drug-likeness (QED) is 0.752. The molecule has 1 aliphatic carbocycles. The fourth-order valence-electron chi connectivity index (χ4n) is 2.76. The van der Waals surface area contributed by atoms with Crippen molar-refractivity contribution in [2.24, 2.45) is 0 Å². The monoisotopic (exact) mass is 259 g/mol. The molecule has 0 atom stereocenters. The smallest absolute Gasteiger partial charge is 0.126 e. The molecule has 0 spiro atoms. The maximum atomic E-state index is 5.53. The molecule has 0 aromatic heterocycles. The molecular formula is C17H25NO. The molecule has 0 radical (unpaired) electrons. The molecule has 1 aromatic rings. The van der Waals surface area contributed by atoms with Crippen LogP contribution in [0, 0.1) is 0 Å². The lowest BCUT2D eigenvalue weighted by molar-refractivity contribution is 0.412. The van der Waals surface area contributed by atoms with Crippen LogP contribution in [-0.4, -0.2) is 20.2 Å². The number of aryl methyl sites for hydroxylation is 1. The molecule has 0 fully saturated rings. The number of hydrogen-bond acceptors (Lipinski definition) is 2. The van der Waals surface area contributed by atoms with Gasteiger partial charge in [-0.2, -0.15) is 0 Å². The van der Waals surface area contributed by atoms with Gasteiger partial charge in [0.05, 0.1) is 7.11 Å². The van der Waals surface area contributed by atoms with Gasteiger partial charge >= 0.3 is 0 Å². The van der Waals surface area contributed by atoms with E-state index in [9.17, 15) is 0 Å². The molecule has 19 heavy (non-hydrogen) atoms. The molecule has 1 N–H and O–H groups in total. The lowest BCUT2D eigenvalue weighted by Crippen LogP contribution is -2.16. The average molecular weight is 259 g/mol. The van der Waals surface area contributed by atoms with Crippen LogP contribution >= 0.6 is 0 Å². The minimum atomic E-state index is 1.03. The summed E-state index contributed by atoms with van der Waals surface area (Å²) < 4.78 is 5.53. The molecule has 0 amide bonds. The molecule has 0 aliphatic heterocycles. The Morgan fingerprint density at radius 2 is 2.16 bits per heavy atom. The van der Waals surface area contributed by atoms with Crippen molar-refractivity contribution in [3.8, 4) is 5.75 Å². The first-order valence-corrected chi connectivity index (χ1v) is 7.42. The van der Waals surface area contributed by atoms with Crippen LogP contribution in [0.2, 0.25) is 0 Å². The first-order valence-electron chi connectivity index (χ1n) is 7.42. The third-order valence-corrected chi connectivity index (χ3v) is 3.68. The first kappa shape index (κ1) is 14.1. The Kier molecular flexibility index (Phi) is 5.46. The van der Waals surface area contributed by atoms with Gasteiger partial charge in [0, 0.05) is 5.56 Å². The highest BCUT2D eigenvalue weighted by molar-refractivity contribution is 5.74. The van der Waals surface area contributed by atoms with E-state index >= 15 is 0 Å². The second-order valence-electron chi connectivity index (χ2n) is 5.12. The zero-order valence-corrected chi connectivity index (χ0v) is 12.2. The summed E-state index contributed by atoms with van der Waals surface area (Å²) >= 11 is 0. The van der Waals surface area contributed by atoms with Gasteiger partial charge in [-0.1, -0.05) is 25.1 Å². The van der Waals surface area contributed by atoms with Crippen molar-refractivity contribution in [2.45, 2.75) is 39.0 Å². The number of rotatable bonds is 7. The van der Waals surface area contributed by atoms with Crippen LogP contribution in [-0.2, 0) is 6.42 Å². The van der Waals surface area contributed by atoms with Crippen LogP contribution in [0.25, 0.3) is 5.57 Å². The predicted molar refractivity (Wildman–Crippen MR) is 81.7 cm³/mol. The van der Waals surface area contributed by atoms with Crippen molar-refractivity contribution >= 4 is 5.57 Å².